The summed E-state index contributed by atoms with van der Waals surface area (Å²) in [5, 5.41) is 5.08. The minimum Gasteiger partial charge on any atom is -0.322 e. The summed E-state index contributed by atoms with van der Waals surface area (Å²) >= 11 is 0. The quantitative estimate of drug-likeness (QED) is 0.592. The maximum absolute atomic E-state index is 13.1. The number of benzene rings is 1. The van der Waals surface area contributed by atoms with Gasteiger partial charge in [0.25, 0.3) is 0 Å². The smallest absolute Gasteiger partial charge is 0.238 e. The zero-order chi connectivity index (χ0) is 12.0. The zero-order valence-electron chi connectivity index (χ0n) is 8.59. The van der Waals surface area contributed by atoms with Crippen LogP contribution in [0.4, 0.5) is 14.5 Å². The third kappa shape index (κ3) is 3.78. The Balaban J connectivity index is 2.52. The number of hydrogen-bond acceptors (Lipinski definition) is 2. The molecule has 0 saturated carbocycles. The molecule has 0 saturated heterocycles. The summed E-state index contributed by atoms with van der Waals surface area (Å²) in [6.45, 7) is 4.00. The molecule has 1 amide bonds. The van der Waals surface area contributed by atoms with Crippen molar-refractivity contribution in [3.8, 4) is 0 Å². The fourth-order valence-corrected chi connectivity index (χ4v) is 1.07. The molecular weight excluding hydrogens is 214 g/mol. The van der Waals surface area contributed by atoms with Gasteiger partial charge in [0.15, 0.2) is 0 Å². The molecule has 0 bridgehead atoms. The van der Waals surface area contributed by atoms with E-state index in [1.54, 1.807) is 6.08 Å². The average Bonchev–Trinajstić information content (AvgIpc) is 2.23. The largest absolute Gasteiger partial charge is 0.322 e. The van der Waals surface area contributed by atoms with E-state index in [1.165, 1.54) is 6.07 Å². The van der Waals surface area contributed by atoms with Crippen LogP contribution in [0.25, 0.3) is 0 Å². The van der Waals surface area contributed by atoms with Gasteiger partial charge in [0.05, 0.1) is 12.2 Å². The van der Waals surface area contributed by atoms with E-state index < -0.39 is 17.5 Å². The van der Waals surface area contributed by atoms with Crippen LogP contribution in [0.1, 0.15) is 0 Å². The first kappa shape index (κ1) is 12.3. The van der Waals surface area contributed by atoms with Crippen LogP contribution in [0.2, 0.25) is 0 Å². The van der Waals surface area contributed by atoms with Crippen molar-refractivity contribution in [2.75, 3.05) is 18.4 Å². The molecule has 2 N–H and O–H groups in total. The van der Waals surface area contributed by atoms with Crippen LogP contribution >= 0.6 is 0 Å². The van der Waals surface area contributed by atoms with Crippen LogP contribution in [0.3, 0.4) is 0 Å². The van der Waals surface area contributed by atoms with E-state index >= 15 is 0 Å². The van der Waals surface area contributed by atoms with Crippen molar-refractivity contribution in [2.24, 2.45) is 0 Å². The van der Waals surface area contributed by atoms with Crippen molar-refractivity contribution >= 4 is 11.6 Å². The van der Waals surface area contributed by atoms with Gasteiger partial charge in [-0.15, -0.1) is 6.58 Å². The number of hydrogen-bond donors (Lipinski definition) is 2. The Hall–Kier alpha value is -1.75. The van der Waals surface area contributed by atoms with Crippen molar-refractivity contribution in [2.45, 2.75) is 0 Å². The summed E-state index contributed by atoms with van der Waals surface area (Å²) in [6.07, 6.45) is 1.60. The summed E-state index contributed by atoms with van der Waals surface area (Å²) in [7, 11) is 0. The van der Waals surface area contributed by atoms with Crippen molar-refractivity contribution in [1.29, 1.82) is 0 Å². The predicted molar refractivity (Wildman–Crippen MR) is 58.1 cm³/mol. The number of amides is 1. The summed E-state index contributed by atoms with van der Waals surface area (Å²) < 4.78 is 25.7. The maximum Gasteiger partial charge on any atom is 0.238 e. The number of nitrogens with one attached hydrogen (secondary N) is 2. The van der Waals surface area contributed by atoms with E-state index in [9.17, 15) is 13.6 Å². The van der Waals surface area contributed by atoms with Gasteiger partial charge in [0, 0.05) is 12.6 Å². The Labute approximate surface area is 92.2 Å². The lowest BCUT2D eigenvalue weighted by molar-refractivity contribution is -0.115. The second-order valence-corrected chi connectivity index (χ2v) is 3.09. The molecule has 1 aromatic carbocycles. The highest BCUT2D eigenvalue weighted by Gasteiger charge is 2.06. The van der Waals surface area contributed by atoms with Gasteiger partial charge in [-0.2, -0.15) is 0 Å². The molecule has 0 heterocycles. The lowest BCUT2D eigenvalue weighted by Gasteiger charge is -2.06. The molecule has 0 aromatic heterocycles. The molecule has 1 rings (SSSR count). The molecule has 0 unspecified atom stereocenters. The van der Waals surface area contributed by atoms with Crippen molar-refractivity contribution in [1.82, 2.24) is 5.32 Å². The van der Waals surface area contributed by atoms with Crippen molar-refractivity contribution in [3.05, 3.63) is 42.5 Å². The Kier molecular flexibility index (Phi) is 4.60. The minimum absolute atomic E-state index is 0.0354. The van der Waals surface area contributed by atoms with Gasteiger partial charge >= 0.3 is 0 Å². The third-order valence-corrected chi connectivity index (χ3v) is 1.78. The summed E-state index contributed by atoms with van der Waals surface area (Å²) in [4.78, 5) is 11.3. The van der Waals surface area contributed by atoms with Crippen LogP contribution in [-0.4, -0.2) is 19.0 Å². The molecule has 0 fully saturated rings. The molecule has 86 valence electrons. The first-order valence-electron chi connectivity index (χ1n) is 4.70. The molecule has 0 atom stereocenters. The monoisotopic (exact) mass is 226 g/mol. The molecule has 0 aliphatic heterocycles. The Bertz CT molecular complexity index is 394. The molecule has 16 heavy (non-hydrogen) atoms. The number of anilines is 1. The molecule has 0 radical (unpaired) electrons. The van der Waals surface area contributed by atoms with E-state index in [2.05, 4.69) is 17.2 Å². The van der Waals surface area contributed by atoms with E-state index in [0.717, 1.165) is 6.07 Å². The van der Waals surface area contributed by atoms with E-state index in [0.29, 0.717) is 12.6 Å². The number of halogens is 2. The molecule has 5 heteroatoms. The van der Waals surface area contributed by atoms with Gasteiger partial charge in [-0.1, -0.05) is 6.08 Å². The summed E-state index contributed by atoms with van der Waals surface area (Å²) in [6, 6.07) is 2.97. The second-order valence-electron chi connectivity index (χ2n) is 3.09. The maximum atomic E-state index is 13.1. The van der Waals surface area contributed by atoms with Crippen LogP contribution < -0.4 is 10.6 Å². The minimum atomic E-state index is -0.794. The predicted octanol–water partition coefficient (Wildman–Crippen LogP) is 1.68. The highest BCUT2D eigenvalue weighted by molar-refractivity contribution is 5.92. The summed E-state index contributed by atoms with van der Waals surface area (Å²) in [5.74, 6) is -1.87. The van der Waals surface area contributed by atoms with Gasteiger partial charge in [-0.05, 0) is 12.1 Å². The highest BCUT2D eigenvalue weighted by Crippen LogP contribution is 2.14. The Morgan fingerprint density at radius 1 is 1.44 bits per heavy atom. The molecule has 0 aliphatic rings. The molecular formula is C11H12F2N2O. The lowest BCUT2D eigenvalue weighted by Crippen LogP contribution is -2.28. The number of carbonyl (C=O) groups excluding carboxylic acids is 1. The molecule has 1 aromatic rings. The second kappa shape index (κ2) is 5.97. The fraction of sp³-hybridized carbons (Fsp3) is 0.182. The van der Waals surface area contributed by atoms with E-state index in [4.69, 9.17) is 0 Å². The van der Waals surface area contributed by atoms with E-state index in [-0.39, 0.29) is 12.2 Å². The van der Waals surface area contributed by atoms with Crippen LogP contribution in [0.15, 0.2) is 30.9 Å². The van der Waals surface area contributed by atoms with E-state index in [1.807, 2.05) is 0 Å². The van der Waals surface area contributed by atoms with Crippen LogP contribution in [0, 0.1) is 11.6 Å². The average molecular weight is 226 g/mol. The topological polar surface area (TPSA) is 41.1 Å². The van der Waals surface area contributed by atoms with Gasteiger partial charge in [-0.3, -0.25) is 4.79 Å². The third-order valence-electron chi connectivity index (χ3n) is 1.78. The van der Waals surface area contributed by atoms with Crippen molar-refractivity contribution in [3.63, 3.8) is 0 Å². The zero-order valence-corrected chi connectivity index (χ0v) is 8.59. The number of rotatable bonds is 5. The first-order chi connectivity index (χ1) is 7.63. The van der Waals surface area contributed by atoms with Crippen molar-refractivity contribution < 1.29 is 13.6 Å². The lowest BCUT2D eigenvalue weighted by atomic mass is 10.3. The van der Waals surface area contributed by atoms with Gasteiger partial charge in [0.1, 0.15) is 11.6 Å². The standard InChI is InChI=1S/C11H12F2N2O/c1-2-5-14-7-11(16)15-10-4-3-8(12)6-9(10)13/h2-4,6,14H,1,5,7H2,(H,15,16). The fourth-order valence-electron chi connectivity index (χ4n) is 1.07. The first-order valence-corrected chi connectivity index (χ1v) is 4.70. The van der Waals surface area contributed by atoms with Gasteiger partial charge < -0.3 is 10.6 Å². The van der Waals surface area contributed by atoms with Gasteiger partial charge in [0.2, 0.25) is 5.91 Å². The number of carbonyl (C=O) groups is 1. The molecule has 3 nitrogen and oxygen atoms in total. The van der Waals surface area contributed by atoms with Crippen LogP contribution in [-0.2, 0) is 4.79 Å². The molecule has 0 aliphatic carbocycles. The highest BCUT2D eigenvalue weighted by atomic mass is 19.1. The van der Waals surface area contributed by atoms with Gasteiger partial charge in [-0.25, -0.2) is 8.78 Å². The SMILES string of the molecule is C=CCNCC(=O)Nc1ccc(F)cc1F. The Morgan fingerprint density at radius 3 is 2.81 bits per heavy atom. The van der Waals surface area contributed by atoms with Crippen LogP contribution in [0.5, 0.6) is 0 Å². The normalized spacial score (nSPS) is 9.88. The summed E-state index contributed by atoms with van der Waals surface area (Å²) in [5.41, 5.74) is -0.0354. The Morgan fingerprint density at radius 2 is 2.19 bits per heavy atom. The molecule has 0 spiro atoms.